The van der Waals surface area contributed by atoms with E-state index in [0.717, 1.165) is 23.0 Å². The zero-order chi connectivity index (χ0) is 14.5. The van der Waals surface area contributed by atoms with Crippen molar-refractivity contribution in [2.24, 2.45) is 0 Å². The number of aryl methyl sites for hydroxylation is 2. The maximum absolute atomic E-state index is 5.59. The minimum absolute atomic E-state index is 0.137. The molecule has 2 rings (SSSR count). The molecule has 0 saturated heterocycles. The lowest BCUT2D eigenvalue weighted by atomic mass is 10.1. The zero-order valence-electron chi connectivity index (χ0n) is 12.6. The highest BCUT2D eigenvalue weighted by atomic mass is 32.1. The number of thiazole rings is 1. The molecule has 1 heterocycles. The van der Waals surface area contributed by atoms with Crippen LogP contribution < -0.4 is 10.1 Å². The third-order valence-electron chi connectivity index (χ3n) is 3.20. The van der Waals surface area contributed by atoms with Crippen LogP contribution in [-0.4, -0.2) is 18.1 Å². The molecule has 0 aliphatic rings. The van der Waals surface area contributed by atoms with Gasteiger partial charge in [-0.1, -0.05) is 19.1 Å². The maximum atomic E-state index is 5.59. The van der Waals surface area contributed by atoms with Crippen molar-refractivity contribution in [3.8, 4) is 5.75 Å². The fourth-order valence-corrected chi connectivity index (χ4v) is 3.15. The summed E-state index contributed by atoms with van der Waals surface area (Å²) in [6, 6.07) is 8.40. The Morgan fingerprint density at radius 3 is 2.70 bits per heavy atom. The summed E-state index contributed by atoms with van der Waals surface area (Å²) in [6.45, 7) is 9.89. The minimum atomic E-state index is 0.137. The summed E-state index contributed by atoms with van der Waals surface area (Å²) in [7, 11) is 0. The molecule has 0 saturated carbocycles. The van der Waals surface area contributed by atoms with E-state index in [0.29, 0.717) is 6.61 Å². The van der Waals surface area contributed by atoms with Gasteiger partial charge in [-0.25, -0.2) is 4.98 Å². The van der Waals surface area contributed by atoms with Crippen molar-refractivity contribution in [1.82, 2.24) is 10.3 Å². The molecule has 2 aromatic rings. The second-order valence-corrected chi connectivity index (χ2v) is 5.92. The van der Waals surface area contributed by atoms with Gasteiger partial charge in [0.05, 0.1) is 18.3 Å². The molecule has 0 radical (unpaired) electrons. The van der Waals surface area contributed by atoms with Crippen LogP contribution in [0.5, 0.6) is 5.75 Å². The predicted octanol–water partition coefficient (Wildman–Crippen LogP) is 3.86. The van der Waals surface area contributed by atoms with E-state index in [1.54, 1.807) is 11.3 Å². The smallest absolute Gasteiger partial charge is 0.119 e. The molecule has 3 nitrogen and oxygen atoms in total. The summed E-state index contributed by atoms with van der Waals surface area (Å²) in [5.74, 6) is 0.915. The highest BCUT2D eigenvalue weighted by molar-refractivity contribution is 7.11. The fraction of sp³-hybridized carbons (Fsp3) is 0.438. The van der Waals surface area contributed by atoms with Gasteiger partial charge >= 0.3 is 0 Å². The predicted molar refractivity (Wildman–Crippen MR) is 84.7 cm³/mol. The standard InChI is InChI=1S/C16H22N2OS/c1-5-17-15(16-18-11(3)12(4)20-16)13-8-7-9-14(10-13)19-6-2/h7-10,15,17H,5-6H2,1-4H3. The first kappa shape index (κ1) is 15.0. The topological polar surface area (TPSA) is 34.1 Å². The van der Waals surface area contributed by atoms with E-state index in [2.05, 4.69) is 38.2 Å². The van der Waals surface area contributed by atoms with Gasteiger partial charge in [-0.2, -0.15) is 0 Å². The maximum Gasteiger partial charge on any atom is 0.119 e. The van der Waals surface area contributed by atoms with Crippen LogP contribution in [0, 0.1) is 13.8 Å². The Kier molecular flexibility index (Phi) is 5.15. The molecule has 108 valence electrons. The molecular weight excluding hydrogens is 268 g/mol. The second kappa shape index (κ2) is 6.86. The SMILES string of the molecule is CCNC(c1cccc(OCC)c1)c1nc(C)c(C)s1. The molecule has 0 aliphatic carbocycles. The van der Waals surface area contributed by atoms with Gasteiger partial charge in [-0.05, 0) is 45.0 Å². The van der Waals surface area contributed by atoms with E-state index in [1.807, 2.05) is 19.1 Å². The number of hydrogen-bond acceptors (Lipinski definition) is 4. The quantitative estimate of drug-likeness (QED) is 0.877. The van der Waals surface area contributed by atoms with Gasteiger partial charge in [0, 0.05) is 4.88 Å². The lowest BCUT2D eigenvalue weighted by molar-refractivity contribution is 0.339. The lowest BCUT2D eigenvalue weighted by Crippen LogP contribution is -2.21. The van der Waals surface area contributed by atoms with Crippen LogP contribution in [0.4, 0.5) is 0 Å². The average molecular weight is 290 g/mol. The summed E-state index contributed by atoms with van der Waals surface area (Å²) in [4.78, 5) is 5.98. The van der Waals surface area contributed by atoms with E-state index < -0.39 is 0 Å². The Morgan fingerprint density at radius 2 is 2.10 bits per heavy atom. The Balaban J connectivity index is 2.34. The number of nitrogens with zero attached hydrogens (tertiary/aromatic N) is 1. The van der Waals surface area contributed by atoms with Gasteiger partial charge in [-0.15, -0.1) is 11.3 Å². The molecule has 0 aliphatic heterocycles. The van der Waals surface area contributed by atoms with Crippen LogP contribution in [0.25, 0.3) is 0 Å². The number of aromatic nitrogens is 1. The van der Waals surface area contributed by atoms with Crippen LogP contribution in [0.1, 0.15) is 41.0 Å². The lowest BCUT2D eigenvalue weighted by Gasteiger charge is -2.17. The van der Waals surface area contributed by atoms with Crippen LogP contribution in [0.3, 0.4) is 0 Å². The number of rotatable bonds is 6. The van der Waals surface area contributed by atoms with Gasteiger partial charge < -0.3 is 10.1 Å². The normalized spacial score (nSPS) is 12.4. The van der Waals surface area contributed by atoms with Gasteiger partial charge in [0.1, 0.15) is 10.8 Å². The van der Waals surface area contributed by atoms with Crippen molar-refractivity contribution in [3.05, 3.63) is 45.4 Å². The van der Waals surface area contributed by atoms with Crippen molar-refractivity contribution in [2.75, 3.05) is 13.2 Å². The zero-order valence-corrected chi connectivity index (χ0v) is 13.4. The minimum Gasteiger partial charge on any atom is -0.494 e. The molecule has 0 fully saturated rings. The third kappa shape index (κ3) is 3.38. The molecule has 1 N–H and O–H groups in total. The van der Waals surface area contributed by atoms with Gasteiger partial charge in [0.15, 0.2) is 0 Å². The number of hydrogen-bond donors (Lipinski definition) is 1. The van der Waals surface area contributed by atoms with E-state index >= 15 is 0 Å². The Bertz CT molecular complexity index is 546. The van der Waals surface area contributed by atoms with Gasteiger partial charge in [0.2, 0.25) is 0 Å². The summed E-state index contributed by atoms with van der Waals surface area (Å²) in [5, 5.41) is 4.64. The van der Waals surface area contributed by atoms with Crippen LogP contribution in [0.15, 0.2) is 24.3 Å². The number of ether oxygens (including phenoxy) is 1. The van der Waals surface area contributed by atoms with Crippen molar-refractivity contribution in [3.63, 3.8) is 0 Å². The number of benzene rings is 1. The van der Waals surface area contributed by atoms with Crippen LogP contribution in [-0.2, 0) is 0 Å². The van der Waals surface area contributed by atoms with E-state index in [-0.39, 0.29) is 6.04 Å². The highest BCUT2D eigenvalue weighted by Crippen LogP contribution is 2.29. The highest BCUT2D eigenvalue weighted by Gasteiger charge is 2.18. The van der Waals surface area contributed by atoms with Crippen molar-refractivity contribution < 1.29 is 4.74 Å². The Labute approximate surface area is 125 Å². The summed E-state index contributed by atoms with van der Waals surface area (Å²) < 4.78 is 5.59. The van der Waals surface area contributed by atoms with Gasteiger partial charge in [0.25, 0.3) is 0 Å². The van der Waals surface area contributed by atoms with E-state index in [9.17, 15) is 0 Å². The molecule has 0 spiro atoms. The fourth-order valence-electron chi connectivity index (χ4n) is 2.12. The third-order valence-corrected chi connectivity index (χ3v) is 4.34. The summed E-state index contributed by atoms with van der Waals surface area (Å²) >= 11 is 1.76. The molecule has 1 aromatic carbocycles. The molecule has 1 atom stereocenters. The first-order valence-electron chi connectivity index (χ1n) is 7.05. The summed E-state index contributed by atoms with van der Waals surface area (Å²) in [6.07, 6.45) is 0. The molecular formula is C16H22N2OS. The molecule has 0 amide bonds. The molecule has 1 unspecified atom stereocenters. The number of nitrogens with one attached hydrogen (secondary N) is 1. The molecule has 4 heteroatoms. The monoisotopic (exact) mass is 290 g/mol. The molecule has 20 heavy (non-hydrogen) atoms. The van der Waals surface area contributed by atoms with Crippen molar-refractivity contribution >= 4 is 11.3 Å². The first-order valence-corrected chi connectivity index (χ1v) is 7.87. The first-order chi connectivity index (χ1) is 9.65. The largest absolute Gasteiger partial charge is 0.494 e. The van der Waals surface area contributed by atoms with Crippen molar-refractivity contribution in [1.29, 1.82) is 0 Å². The van der Waals surface area contributed by atoms with E-state index in [4.69, 9.17) is 9.72 Å². The van der Waals surface area contributed by atoms with Crippen molar-refractivity contribution in [2.45, 2.75) is 33.7 Å². The van der Waals surface area contributed by atoms with Gasteiger partial charge in [-0.3, -0.25) is 0 Å². The summed E-state index contributed by atoms with van der Waals surface area (Å²) in [5.41, 5.74) is 2.32. The molecule has 1 aromatic heterocycles. The Morgan fingerprint density at radius 1 is 1.30 bits per heavy atom. The van der Waals surface area contributed by atoms with Crippen LogP contribution >= 0.6 is 11.3 Å². The average Bonchev–Trinajstić information content (AvgIpc) is 2.76. The second-order valence-electron chi connectivity index (χ2n) is 4.69. The van der Waals surface area contributed by atoms with Crippen LogP contribution in [0.2, 0.25) is 0 Å². The Hall–Kier alpha value is -1.39. The molecule has 0 bridgehead atoms. The van der Waals surface area contributed by atoms with E-state index in [1.165, 1.54) is 10.4 Å².